The van der Waals surface area contributed by atoms with Gasteiger partial charge >= 0.3 is 11.9 Å². The Labute approximate surface area is 540 Å². The maximum atomic E-state index is 12.9. The molecule has 0 spiro atoms. The summed E-state index contributed by atoms with van der Waals surface area (Å²) >= 11 is 0. The molecule has 0 aromatic heterocycles. The number of unbranched alkanes of at least 4 members (excludes halogenated alkanes) is 46. The van der Waals surface area contributed by atoms with Gasteiger partial charge in [-0.15, -0.1) is 0 Å². The second-order valence-electron chi connectivity index (χ2n) is 26.6. The molecule has 0 N–H and O–H groups in total. The summed E-state index contributed by atoms with van der Waals surface area (Å²) in [6.07, 6.45) is 90.5. The van der Waals surface area contributed by atoms with Crippen LogP contribution in [-0.2, 0) is 32.7 Å². The van der Waals surface area contributed by atoms with Crippen molar-refractivity contribution < 1.29 is 42.1 Å². The summed E-state index contributed by atoms with van der Waals surface area (Å²) in [5.74, 6) is -0.821. The van der Waals surface area contributed by atoms with Crippen LogP contribution in [0, 0.1) is 0 Å². The molecule has 0 saturated carbocycles. The van der Waals surface area contributed by atoms with E-state index in [1.807, 2.05) is 21.1 Å². The minimum atomic E-state index is -4.64. The molecule has 0 aliphatic rings. The Morgan fingerprint density at radius 1 is 0.368 bits per heavy atom. The van der Waals surface area contributed by atoms with Gasteiger partial charge in [-0.1, -0.05) is 357 Å². The Morgan fingerprint density at radius 2 is 0.655 bits per heavy atom. The third-order valence-electron chi connectivity index (χ3n) is 16.8. The molecule has 0 fully saturated rings. The zero-order chi connectivity index (χ0) is 63.4. The first-order valence-electron chi connectivity index (χ1n) is 37.5. The summed E-state index contributed by atoms with van der Waals surface area (Å²) in [6, 6.07) is 0. The van der Waals surface area contributed by atoms with E-state index in [-0.39, 0.29) is 32.0 Å². The van der Waals surface area contributed by atoms with Gasteiger partial charge in [0.25, 0.3) is 7.82 Å². The Bertz CT molecular complexity index is 1650. The van der Waals surface area contributed by atoms with E-state index in [9.17, 15) is 19.0 Å². The lowest BCUT2D eigenvalue weighted by atomic mass is 10.0. The van der Waals surface area contributed by atoms with Crippen LogP contribution in [0.5, 0.6) is 0 Å². The number of likely N-dealkylation sites (N-methyl/N-ethyl adjacent to an activating group) is 1. The fourth-order valence-electron chi connectivity index (χ4n) is 11.1. The van der Waals surface area contributed by atoms with Crippen molar-refractivity contribution in [3.05, 3.63) is 60.8 Å². The molecular formula is C77H144NO8P. The number of ether oxygens (including phenoxy) is 2. The zero-order valence-corrected chi connectivity index (χ0v) is 59.1. The summed E-state index contributed by atoms with van der Waals surface area (Å²) in [4.78, 5) is 38.1. The SMILES string of the molecule is CC/C=C\C/C=C\C/C=C\C/C=C\C/C=C\CCCCCCCCCCCCCC(=O)OC(COC(=O)CCCCCCCCCCCCCCCCCCCCCCCCCCCCCCCCCCCCCC)COP(=O)([O-])OCC[N+](C)(C)C. The molecule has 0 aromatic carbocycles. The van der Waals surface area contributed by atoms with Gasteiger partial charge in [0.1, 0.15) is 19.8 Å². The molecule has 0 bridgehead atoms. The Kier molecular flexibility index (Phi) is 66.3. The standard InChI is InChI=1S/C77H144NO8P/c1-6-8-10-12-14-16-18-20-22-24-26-28-30-32-34-35-36-37-38-39-40-41-42-44-45-47-49-51-53-55-57-59-61-63-65-67-69-76(79)83-73-75(74-85-87(81,82)84-72-71-78(3,4)5)86-77(80)70-68-66-64-62-60-58-56-54-52-50-48-46-43-33-31-29-27-25-23-21-19-17-15-13-11-9-7-2/h9,11,15,17,21,23,27,29,33,43,75H,6-8,10,12-14,16,18-20,22,24-26,28,30-32,34-42,44-74H2,1-5H3/b11-9-,17-15-,23-21-,29-27-,43-33-. The number of quaternary nitrogens is 1. The van der Waals surface area contributed by atoms with E-state index in [0.29, 0.717) is 17.4 Å². The second kappa shape index (κ2) is 68.1. The number of esters is 2. The predicted molar refractivity (Wildman–Crippen MR) is 374 cm³/mol. The molecular weight excluding hydrogens is 1100 g/mol. The van der Waals surface area contributed by atoms with Crippen LogP contribution in [0.15, 0.2) is 60.8 Å². The quantitative estimate of drug-likeness (QED) is 0.0195. The summed E-state index contributed by atoms with van der Waals surface area (Å²) in [5.41, 5.74) is 0. The summed E-state index contributed by atoms with van der Waals surface area (Å²) in [7, 11) is 1.18. The third-order valence-corrected chi connectivity index (χ3v) is 17.8. The molecule has 0 saturated heterocycles. The van der Waals surface area contributed by atoms with E-state index >= 15 is 0 Å². The topological polar surface area (TPSA) is 111 Å². The van der Waals surface area contributed by atoms with Crippen LogP contribution in [0.2, 0.25) is 0 Å². The fourth-order valence-corrected chi connectivity index (χ4v) is 11.8. The molecule has 2 unspecified atom stereocenters. The lowest BCUT2D eigenvalue weighted by molar-refractivity contribution is -0.870. The van der Waals surface area contributed by atoms with Crippen molar-refractivity contribution in [2.24, 2.45) is 0 Å². The molecule has 9 nitrogen and oxygen atoms in total. The first-order chi connectivity index (χ1) is 42.5. The number of phosphoric acid groups is 1. The smallest absolute Gasteiger partial charge is 0.306 e. The van der Waals surface area contributed by atoms with Crippen LogP contribution >= 0.6 is 7.82 Å². The van der Waals surface area contributed by atoms with Gasteiger partial charge in [-0.05, 0) is 57.8 Å². The van der Waals surface area contributed by atoms with Gasteiger partial charge in [0.05, 0.1) is 27.7 Å². The molecule has 0 amide bonds. The van der Waals surface area contributed by atoms with Gasteiger partial charge < -0.3 is 27.9 Å². The van der Waals surface area contributed by atoms with Gasteiger partial charge in [-0.3, -0.25) is 14.2 Å². The molecule has 0 aliphatic heterocycles. The highest BCUT2D eigenvalue weighted by molar-refractivity contribution is 7.45. The first-order valence-corrected chi connectivity index (χ1v) is 39.0. The summed E-state index contributed by atoms with van der Waals surface area (Å²) < 4.78 is 34.4. The average molecular weight is 1240 g/mol. The fraction of sp³-hybridized carbons (Fsp3) is 0.844. The molecule has 510 valence electrons. The first kappa shape index (κ1) is 84.7. The van der Waals surface area contributed by atoms with Crippen molar-refractivity contribution in [3.63, 3.8) is 0 Å². The predicted octanol–water partition coefficient (Wildman–Crippen LogP) is 23.9. The number of hydrogen-bond donors (Lipinski definition) is 0. The number of carbonyl (C=O) groups excluding carboxylic acids is 2. The van der Waals surface area contributed by atoms with E-state index in [4.69, 9.17) is 18.5 Å². The van der Waals surface area contributed by atoms with Gasteiger partial charge in [0.2, 0.25) is 0 Å². The molecule has 0 aliphatic carbocycles. The van der Waals surface area contributed by atoms with Crippen LogP contribution in [0.1, 0.15) is 367 Å². The molecule has 10 heteroatoms. The van der Waals surface area contributed by atoms with Crippen LogP contribution in [0.4, 0.5) is 0 Å². The molecule has 87 heavy (non-hydrogen) atoms. The number of allylic oxidation sites excluding steroid dienone is 10. The van der Waals surface area contributed by atoms with Crippen molar-refractivity contribution in [1.82, 2.24) is 0 Å². The molecule has 0 radical (unpaired) electrons. The molecule has 0 aromatic rings. The normalized spacial score (nSPS) is 13.4. The number of hydrogen-bond acceptors (Lipinski definition) is 8. The van der Waals surface area contributed by atoms with Crippen LogP contribution < -0.4 is 4.89 Å². The summed E-state index contributed by atoms with van der Waals surface area (Å²) in [5, 5.41) is 0. The average Bonchev–Trinajstić information content (AvgIpc) is 3.68. The number of rotatable bonds is 70. The van der Waals surface area contributed by atoms with E-state index in [2.05, 4.69) is 74.6 Å². The number of carbonyl (C=O) groups is 2. The Morgan fingerprint density at radius 3 is 0.977 bits per heavy atom. The maximum absolute atomic E-state index is 12.9. The van der Waals surface area contributed by atoms with E-state index in [0.717, 1.165) is 77.0 Å². The zero-order valence-electron chi connectivity index (χ0n) is 58.2. The van der Waals surface area contributed by atoms with Crippen LogP contribution in [0.25, 0.3) is 0 Å². The van der Waals surface area contributed by atoms with E-state index < -0.39 is 26.5 Å². The van der Waals surface area contributed by atoms with E-state index in [1.54, 1.807) is 0 Å². The number of nitrogens with zero attached hydrogens (tertiary/aromatic N) is 1. The Hall–Kier alpha value is -2.29. The largest absolute Gasteiger partial charge is 0.756 e. The maximum Gasteiger partial charge on any atom is 0.306 e. The lowest BCUT2D eigenvalue weighted by Gasteiger charge is -2.28. The highest BCUT2D eigenvalue weighted by atomic mass is 31.2. The van der Waals surface area contributed by atoms with Gasteiger partial charge in [-0.25, -0.2) is 0 Å². The van der Waals surface area contributed by atoms with Gasteiger partial charge in [0.15, 0.2) is 6.10 Å². The van der Waals surface area contributed by atoms with Crippen molar-refractivity contribution in [3.8, 4) is 0 Å². The van der Waals surface area contributed by atoms with Crippen molar-refractivity contribution in [1.29, 1.82) is 0 Å². The van der Waals surface area contributed by atoms with Gasteiger partial charge in [0, 0.05) is 12.8 Å². The van der Waals surface area contributed by atoms with Crippen molar-refractivity contribution >= 4 is 19.8 Å². The summed E-state index contributed by atoms with van der Waals surface area (Å²) in [6.45, 7) is 4.18. The van der Waals surface area contributed by atoms with Crippen molar-refractivity contribution in [2.75, 3.05) is 47.5 Å². The third kappa shape index (κ3) is 72.6. The van der Waals surface area contributed by atoms with E-state index in [1.165, 1.54) is 257 Å². The second-order valence-corrected chi connectivity index (χ2v) is 28.1. The molecule has 0 heterocycles. The monoisotopic (exact) mass is 1240 g/mol. The Balaban J connectivity index is 3.95. The highest BCUT2D eigenvalue weighted by Gasteiger charge is 2.22. The molecule has 2 atom stereocenters. The highest BCUT2D eigenvalue weighted by Crippen LogP contribution is 2.38. The van der Waals surface area contributed by atoms with Gasteiger partial charge in [-0.2, -0.15) is 0 Å². The lowest BCUT2D eigenvalue weighted by Crippen LogP contribution is -2.37. The molecule has 0 rings (SSSR count). The van der Waals surface area contributed by atoms with Crippen LogP contribution in [0.3, 0.4) is 0 Å². The minimum absolute atomic E-state index is 0.0313. The van der Waals surface area contributed by atoms with Crippen molar-refractivity contribution in [2.45, 2.75) is 373 Å². The minimum Gasteiger partial charge on any atom is -0.756 e. The van der Waals surface area contributed by atoms with Crippen LogP contribution in [-0.4, -0.2) is 70.0 Å². The number of phosphoric ester groups is 1.